The van der Waals surface area contributed by atoms with Crippen molar-refractivity contribution in [3.63, 3.8) is 0 Å². The van der Waals surface area contributed by atoms with E-state index in [1.807, 2.05) is 14.0 Å². The first-order chi connectivity index (χ1) is 11.8. The van der Waals surface area contributed by atoms with Crippen LogP contribution in [0.5, 0.6) is 0 Å². The average Bonchev–Trinajstić information content (AvgIpc) is 2.61. The molecule has 3 heterocycles. The third-order valence-electron chi connectivity index (χ3n) is 4.50. The number of piperidine rings is 1. The molecule has 0 amide bonds. The third kappa shape index (κ3) is 4.00. The second-order valence-electron chi connectivity index (χ2n) is 6.29. The molecule has 1 aliphatic rings. The second kappa shape index (κ2) is 6.85. The number of hydrogen-bond acceptors (Lipinski definition) is 5. The lowest BCUT2D eigenvalue weighted by Crippen LogP contribution is -2.44. The van der Waals surface area contributed by atoms with Crippen LogP contribution in [-0.2, 0) is 6.18 Å². The predicted octanol–water partition coefficient (Wildman–Crippen LogP) is 3.30. The summed E-state index contributed by atoms with van der Waals surface area (Å²) in [5, 5.41) is 0. The van der Waals surface area contributed by atoms with Gasteiger partial charge in [0.1, 0.15) is 5.69 Å². The zero-order valence-corrected chi connectivity index (χ0v) is 14.2. The molecule has 1 saturated heterocycles. The van der Waals surface area contributed by atoms with Gasteiger partial charge >= 0.3 is 6.18 Å². The third-order valence-corrected chi connectivity index (χ3v) is 4.50. The van der Waals surface area contributed by atoms with Crippen molar-refractivity contribution < 1.29 is 13.2 Å². The summed E-state index contributed by atoms with van der Waals surface area (Å²) >= 11 is 0. The van der Waals surface area contributed by atoms with Gasteiger partial charge in [-0.1, -0.05) is 0 Å². The smallest absolute Gasteiger partial charge is 0.370 e. The number of aryl methyl sites for hydroxylation is 1. The summed E-state index contributed by atoms with van der Waals surface area (Å²) in [7, 11) is 1.98. The molecular formula is C17H20F3N5. The first-order valence-corrected chi connectivity index (χ1v) is 8.14. The van der Waals surface area contributed by atoms with E-state index in [1.165, 1.54) is 12.3 Å². The maximum atomic E-state index is 12.6. The van der Waals surface area contributed by atoms with Crippen molar-refractivity contribution in [3.8, 4) is 0 Å². The van der Waals surface area contributed by atoms with E-state index in [0.717, 1.165) is 43.2 Å². The molecule has 0 aliphatic carbocycles. The molecule has 0 saturated carbocycles. The van der Waals surface area contributed by atoms with E-state index in [1.54, 1.807) is 12.4 Å². The first-order valence-electron chi connectivity index (χ1n) is 8.14. The normalized spacial score (nSPS) is 16.1. The van der Waals surface area contributed by atoms with Gasteiger partial charge in [0.2, 0.25) is 5.95 Å². The molecule has 0 unspecified atom stereocenters. The number of anilines is 2. The van der Waals surface area contributed by atoms with Crippen molar-refractivity contribution in [2.45, 2.75) is 32.0 Å². The van der Waals surface area contributed by atoms with E-state index in [9.17, 15) is 13.2 Å². The Bertz CT molecular complexity index is 692. The Labute approximate surface area is 144 Å². The van der Waals surface area contributed by atoms with Crippen molar-refractivity contribution in [3.05, 3.63) is 42.0 Å². The number of pyridine rings is 1. The van der Waals surface area contributed by atoms with Crippen LogP contribution in [0.3, 0.4) is 0 Å². The summed E-state index contributed by atoms with van der Waals surface area (Å²) in [6.45, 7) is 3.46. The maximum Gasteiger partial charge on any atom is 0.433 e. The highest BCUT2D eigenvalue weighted by Crippen LogP contribution is 2.29. The zero-order valence-electron chi connectivity index (χ0n) is 14.2. The van der Waals surface area contributed by atoms with E-state index in [-0.39, 0.29) is 0 Å². The van der Waals surface area contributed by atoms with E-state index in [2.05, 4.69) is 24.8 Å². The number of aromatic nitrogens is 3. The Kier molecular flexibility index (Phi) is 4.78. The van der Waals surface area contributed by atoms with Crippen molar-refractivity contribution >= 4 is 11.6 Å². The summed E-state index contributed by atoms with van der Waals surface area (Å²) in [5.74, 6) is 0.695. The fraction of sp³-hybridized carbons (Fsp3) is 0.471. The van der Waals surface area contributed by atoms with Gasteiger partial charge in [0.25, 0.3) is 0 Å². The lowest BCUT2D eigenvalue weighted by molar-refractivity contribution is -0.141. The summed E-state index contributed by atoms with van der Waals surface area (Å²) in [6.07, 6.45) is 2.26. The minimum atomic E-state index is -4.40. The Morgan fingerprint density at radius 2 is 1.68 bits per heavy atom. The minimum absolute atomic E-state index is 0.307. The van der Waals surface area contributed by atoms with Crippen molar-refractivity contribution in [1.82, 2.24) is 15.0 Å². The van der Waals surface area contributed by atoms with E-state index in [0.29, 0.717) is 12.0 Å². The molecule has 0 bridgehead atoms. The molecule has 1 aliphatic heterocycles. The Morgan fingerprint density at radius 1 is 1.04 bits per heavy atom. The fourth-order valence-corrected chi connectivity index (χ4v) is 2.98. The Morgan fingerprint density at radius 3 is 2.20 bits per heavy atom. The van der Waals surface area contributed by atoms with Crippen LogP contribution in [0.1, 0.15) is 24.1 Å². The molecule has 25 heavy (non-hydrogen) atoms. The van der Waals surface area contributed by atoms with Gasteiger partial charge in [-0.3, -0.25) is 0 Å². The van der Waals surface area contributed by atoms with E-state index in [4.69, 9.17) is 0 Å². The highest BCUT2D eigenvalue weighted by atomic mass is 19.4. The van der Waals surface area contributed by atoms with Gasteiger partial charge in [-0.25, -0.2) is 15.0 Å². The van der Waals surface area contributed by atoms with Gasteiger partial charge in [-0.15, -0.1) is 0 Å². The number of alkyl halides is 3. The molecule has 0 radical (unpaired) electrons. The summed E-state index contributed by atoms with van der Waals surface area (Å²) in [4.78, 5) is 16.4. The molecule has 1 fully saturated rings. The highest BCUT2D eigenvalue weighted by Gasteiger charge is 2.32. The van der Waals surface area contributed by atoms with Gasteiger partial charge in [0.15, 0.2) is 0 Å². The first kappa shape index (κ1) is 17.4. The number of halogens is 3. The number of rotatable bonds is 3. The molecule has 0 spiro atoms. The predicted molar refractivity (Wildman–Crippen MR) is 89.6 cm³/mol. The average molecular weight is 351 g/mol. The van der Waals surface area contributed by atoms with Crippen LogP contribution in [-0.4, -0.2) is 41.1 Å². The molecule has 3 rings (SSSR count). The Hall–Kier alpha value is -2.38. The summed E-state index contributed by atoms with van der Waals surface area (Å²) in [5.41, 5.74) is 0.879. The molecule has 0 atom stereocenters. The molecule has 134 valence electrons. The number of hydrogen-bond donors (Lipinski definition) is 0. The number of nitrogens with zero attached hydrogens (tertiary/aromatic N) is 5. The molecular weight excluding hydrogens is 331 g/mol. The van der Waals surface area contributed by atoms with Crippen LogP contribution < -0.4 is 9.80 Å². The topological polar surface area (TPSA) is 45.2 Å². The monoisotopic (exact) mass is 351 g/mol. The van der Waals surface area contributed by atoms with Crippen LogP contribution in [0.25, 0.3) is 0 Å². The molecule has 5 nitrogen and oxygen atoms in total. The SMILES string of the molecule is Cc1cnc(N(C)C2CCN(c3ccc(C(F)(F)F)nc3)CC2)nc1. The van der Waals surface area contributed by atoms with Crippen molar-refractivity contribution in [1.29, 1.82) is 0 Å². The maximum absolute atomic E-state index is 12.6. The standard InChI is InChI=1S/C17H20F3N5/c1-12-9-22-16(23-10-12)24(2)13-5-7-25(8-6-13)14-3-4-15(21-11-14)17(18,19)20/h3-4,9-11,13H,5-8H2,1-2H3. The summed E-state index contributed by atoms with van der Waals surface area (Å²) < 4.78 is 37.8. The van der Waals surface area contributed by atoms with Gasteiger partial charge in [-0.2, -0.15) is 13.2 Å². The van der Waals surface area contributed by atoms with Gasteiger partial charge in [0, 0.05) is 38.6 Å². The Balaban J connectivity index is 1.60. The van der Waals surface area contributed by atoms with Gasteiger partial charge in [-0.05, 0) is 37.5 Å². The van der Waals surface area contributed by atoms with Crippen molar-refractivity contribution in [2.24, 2.45) is 0 Å². The van der Waals surface area contributed by atoms with E-state index >= 15 is 0 Å². The molecule has 2 aromatic heterocycles. The second-order valence-corrected chi connectivity index (χ2v) is 6.29. The van der Waals surface area contributed by atoms with Crippen LogP contribution >= 0.6 is 0 Å². The molecule has 8 heteroatoms. The van der Waals surface area contributed by atoms with E-state index < -0.39 is 11.9 Å². The quantitative estimate of drug-likeness (QED) is 0.849. The van der Waals surface area contributed by atoms with Gasteiger partial charge < -0.3 is 9.80 Å². The van der Waals surface area contributed by atoms with Crippen LogP contribution in [0.15, 0.2) is 30.7 Å². The lowest BCUT2D eigenvalue weighted by atomic mass is 10.0. The van der Waals surface area contributed by atoms with Gasteiger partial charge in [0.05, 0.1) is 11.9 Å². The largest absolute Gasteiger partial charge is 0.433 e. The fourth-order valence-electron chi connectivity index (χ4n) is 2.98. The molecule has 2 aromatic rings. The lowest BCUT2D eigenvalue weighted by Gasteiger charge is -2.37. The zero-order chi connectivity index (χ0) is 18.0. The van der Waals surface area contributed by atoms with Crippen LogP contribution in [0.2, 0.25) is 0 Å². The summed E-state index contributed by atoms with van der Waals surface area (Å²) in [6, 6.07) is 2.83. The van der Waals surface area contributed by atoms with Crippen molar-refractivity contribution in [2.75, 3.05) is 29.9 Å². The van der Waals surface area contributed by atoms with Crippen LogP contribution in [0.4, 0.5) is 24.8 Å². The molecule has 0 N–H and O–H groups in total. The minimum Gasteiger partial charge on any atom is -0.370 e. The highest BCUT2D eigenvalue weighted by molar-refractivity contribution is 5.45. The molecule has 0 aromatic carbocycles. The van der Waals surface area contributed by atoms with Crippen LogP contribution in [0, 0.1) is 6.92 Å².